The molecule has 25 heavy (non-hydrogen) atoms. The van der Waals surface area contributed by atoms with Crippen LogP contribution in [0.5, 0.6) is 5.75 Å². The number of carbonyl (C=O) groups excluding carboxylic acids is 1. The minimum Gasteiger partial charge on any atom is -0.485 e. The number of hydrogen-bond acceptors (Lipinski definition) is 7. The summed E-state index contributed by atoms with van der Waals surface area (Å²) in [6, 6.07) is 9.51. The van der Waals surface area contributed by atoms with Crippen molar-refractivity contribution in [1.82, 2.24) is 19.9 Å². The van der Waals surface area contributed by atoms with Crippen molar-refractivity contribution in [1.29, 1.82) is 0 Å². The second-order valence-electron chi connectivity index (χ2n) is 5.67. The first-order chi connectivity index (χ1) is 12.2. The Hall–Kier alpha value is -2.61. The lowest BCUT2D eigenvalue weighted by Crippen LogP contribution is -2.48. The molecule has 0 radical (unpaired) electrons. The molecule has 1 aliphatic rings. The molecule has 1 saturated heterocycles. The van der Waals surface area contributed by atoms with E-state index in [0.717, 1.165) is 18.8 Å². The summed E-state index contributed by atoms with van der Waals surface area (Å²) in [5.41, 5.74) is 0. The Labute approximate surface area is 146 Å². The summed E-state index contributed by atoms with van der Waals surface area (Å²) in [4.78, 5) is 19.9. The van der Waals surface area contributed by atoms with Crippen LogP contribution in [0, 0.1) is 0 Å². The number of para-hydroxylation sites is 1. The van der Waals surface area contributed by atoms with Gasteiger partial charge >= 0.3 is 6.09 Å². The maximum absolute atomic E-state index is 11.7. The molecule has 0 aliphatic carbocycles. The lowest BCUT2D eigenvalue weighted by Gasteiger charge is -2.33. The molecular formula is C17H22N4O4. The Morgan fingerprint density at radius 2 is 1.96 bits per heavy atom. The van der Waals surface area contributed by atoms with E-state index >= 15 is 0 Å². The minimum atomic E-state index is -0.250. The van der Waals surface area contributed by atoms with Crippen molar-refractivity contribution in [2.75, 3.05) is 32.8 Å². The van der Waals surface area contributed by atoms with Crippen LogP contribution < -0.4 is 4.74 Å². The van der Waals surface area contributed by atoms with Crippen LogP contribution in [-0.2, 0) is 17.9 Å². The number of rotatable bonds is 6. The van der Waals surface area contributed by atoms with Crippen molar-refractivity contribution >= 4 is 6.09 Å². The van der Waals surface area contributed by atoms with Crippen molar-refractivity contribution in [2.24, 2.45) is 0 Å². The molecule has 3 rings (SSSR count). The number of aromatic nitrogens is 2. The number of nitrogens with zero attached hydrogens (tertiary/aromatic N) is 4. The highest BCUT2D eigenvalue weighted by Crippen LogP contribution is 2.12. The highest BCUT2D eigenvalue weighted by molar-refractivity contribution is 5.67. The van der Waals surface area contributed by atoms with E-state index in [1.807, 2.05) is 37.3 Å². The molecule has 0 saturated carbocycles. The predicted octanol–water partition coefficient (Wildman–Crippen LogP) is 1.92. The Bertz CT molecular complexity index is 668. The first-order valence-corrected chi connectivity index (χ1v) is 8.38. The second-order valence-corrected chi connectivity index (χ2v) is 5.67. The zero-order valence-corrected chi connectivity index (χ0v) is 14.3. The normalized spacial score (nSPS) is 15.2. The molecule has 8 nitrogen and oxygen atoms in total. The standard InChI is InChI=1S/C17H22N4O4/c1-2-23-17(22)21-10-8-20(9-11-21)12-16-18-15(19-25-16)13-24-14-6-4-3-5-7-14/h3-7H,2,8-13H2,1H3. The van der Waals surface area contributed by atoms with Gasteiger partial charge in [-0.05, 0) is 19.1 Å². The lowest BCUT2D eigenvalue weighted by atomic mass is 10.3. The summed E-state index contributed by atoms with van der Waals surface area (Å²) in [6.07, 6.45) is -0.250. The molecule has 1 amide bonds. The first kappa shape index (κ1) is 17.2. The zero-order valence-electron chi connectivity index (χ0n) is 14.3. The van der Waals surface area contributed by atoms with E-state index < -0.39 is 0 Å². The smallest absolute Gasteiger partial charge is 0.409 e. The van der Waals surface area contributed by atoms with Gasteiger partial charge < -0.3 is 18.9 Å². The summed E-state index contributed by atoms with van der Waals surface area (Å²) in [6.45, 7) is 5.80. The van der Waals surface area contributed by atoms with Gasteiger partial charge in [0.15, 0.2) is 6.61 Å². The maximum atomic E-state index is 11.7. The highest BCUT2D eigenvalue weighted by atomic mass is 16.6. The van der Waals surface area contributed by atoms with Crippen LogP contribution in [0.1, 0.15) is 18.6 Å². The lowest BCUT2D eigenvalue weighted by molar-refractivity contribution is 0.0749. The highest BCUT2D eigenvalue weighted by Gasteiger charge is 2.23. The molecule has 0 N–H and O–H groups in total. The molecule has 8 heteroatoms. The van der Waals surface area contributed by atoms with Crippen LogP contribution >= 0.6 is 0 Å². The Morgan fingerprint density at radius 3 is 2.68 bits per heavy atom. The first-order valence-electron chi connectivity index (χ1n) is 8.38. The van der Waals surface area contributed by atoms with Crippen LogP contribution in [-0.4, -0.2) is 58.8 Å². The number of carbonyl (C=O) groups is 1. The van der Waals surface area contributed by atoms with Crippen LogP contribution in [0.4, 0.5) is 4.79 Å². The van der Waals surface area contributed by atoms with Gasteiger partial charge in [-0.1, -0.05) is 23.4 Å². The molecule has 0 spiro atoms. The summed E-state index contributed by atoms with van der Waals surface area (Å²) < 4.78 is 15.9. The molecule has 2 aromatic rings. The van der Waals surface area contributed by atoms with Crippen LogP contribution in [0.2, 0.25) is 0 Å². The third-order valence-corrected chi connectivity index (χ3v) is 3.88. The maximum Gasteiger partial charge on any atom is 0.409 e. The third kappa shape index (κ3) is 4.93. The molecular weight excluding hydrogens is 324 g/mol. The zero-order chi connectivity index (χ0) is 17.5. The van der Waals surface area contributed by atoms with E-state index in [-0.39, 0.29) is 12.7 Å². The van der Waals surface area contributed by atoms with E-state index in [9.17, 15) is 4.79 Å². The predicted molar refractivity (Wildman–Crippen MR) is 88.9 cm³/mol. The average Bonchev–Trinajstić information content (AvgIpc) is 3.09. The molecule has 2 heterocycles. The van der Waals surface area contributed by atoms with Gasteiger partial charge in [-0.25, -0.2) is 4.79 Å². The summed E-state index contributed by atoms with van der Waals surface area (Å²) in [7, 11) is 0. The van der Waals surface area contributed by atoms with E-state index in [4.69, 9.17) is 14.0 Å². The fourth-order valence-corrected chi connectivity index (χ4v) is 2.57. The molecule has 1 aromatic carbocycles. The molecule has 1 aromatic heterocycles. The van der Waals surface area contributed by atoms with Gasteiger partial charge in [0.05, 0.1) is 13.2 Å². The minimum absolute atomic E-state index is 0.250. The van der Waals surface area contributed by atoms with Crippen molar-refractivity contribution in [2.45, 2.75) is 20.1 Å². The number of hydrogen-bond donors (Lipinski definition) is 0. The van der Waals surface area contributed by atoms with Gasteiger partial charge in [-0.2, -0.15) is 4.98 Å². The summed E-state index contributed by atoms with van der Waals surface area (Å²) in [5, 5.41) is 3.94. The molecule has 134 valence electrons. The van der Waals surface area contributed by atoms with E-state index in [0.29, 0.717) is 38.0 Å². The molecule has 1 fully saturated rings. The Morgan fingerprint density at radius 1 is 1.20 bits per heavy atom. The molecule has 0 unspecified atom stereocenters. The van der Waals surface area contributed by atoms with Gasteiger partial charge in [0, 0.05) is 26.2 Å². The average molecular weight is 346 g/mol. The number of amides is 1. The quantitative estimate of drug-likeness (QED) is 0.790. The van der Waals surface area contributed by atoms with E-state index in [2.05, 4.69) is 15.0 Å². The van der Waals surface area contributed by atoms with Gasteiger partial charge in [-0.3, -0.25) is 4.90 Å². The monoisotopic (exact) mass is 346 g/mol. The van der Waals surface area contributed by atoms with Crippen molar-refractivity contribution < 1.29 is 18.8 Å². The van der Waals surface area contributed by atoms with Gasteiger partial charge in [0.25, 0.3) is 0 Å². The fourth-order valence-electron chi connectivity index (χ4n) is 2.57. The summed E-state index contributed by atoms with van der Waals surface area (Å²) in [5.74, 6) is 1.84. The van der Waals surface area contributed by atoms with Crippen molar-refractivity contribution in [3.05, 3.63) is 42.0 Å². The van der Waals surface area contributed by atoms with Gasteiger partial charge in [0.2, 0.25) is 11.7 Å². The van der Waals surface area contributed by atoms with Crippen LogP contribution in [0.3, 0.4) is 0 Å². The van der Waals surface area contributed by atoms with Crippen molar-refractivity contribution in [3.63, 3.8) is 0 Å². The van der Waals surface area contributed by atoms with Crippen LogP contribution in [0.25, 0.3) is 0 Å². The van der Waals surface area contributed by atoms with Gasteiger partial charge in [-0.15, -0.1) is 0 Å². The van der Waals surface area contributed by atoms with Crippen LogP contribution in [0.15, 0.2) is 34.9 Å². The Kier molecular flexibility index (Phi) is 5.84. The molecule has 0 atom stereocenters. The third-order valence-electron chi connectivity index (χ3n) is 3.88. The number of ether oxygens (including phenoxy) is 2. The number of benzene rings is 1. The van der Waals surface area contributed by atoms with Crippen molar-refractivity contribution in [3.8, 4) is 5.75 Å². The fraction of sp³-hybridized carbons (Fsp3) is 0.471. The second kappa shape index (κ2) is 8.48. The Balaban J connectivity index is 1.44. The summed E-state index contributed by atoms with van der Waals surface area (Å²) >= 11 is 0. The van der Waals surface area contributed by atoms with E-state index in [1.54, 1.807) is 4.90 Å². The van der Waals surface area contributed by atoms with E-state index in [1.165, 1.54) is 0 Å². The molecule has 0 bridgehead atoms. The SMILES string of the molecule is CCOC(=O)N1CCN(Cc2nc(COc3ccccc3)no2)CC1. The number of piperazine rings is 1. The van der Waals surface area contributed by atoms with Gasteiger partial charge in [0.1, 0.15) is 5.75 Å². The topological polar surface area (TPSA) is 80.9 Å². The largest absolute Gasteiger partial charge is 0.485 e. The molecule has 1 aliphatic heterocycles.